The van der Waals surface area contributed by atoms with Crippen LogP contribution in [0, 0.1) is 0 Å². The van der Waals surface area contributed by atoms with Crippen LogP contribution in [0.1, 0.15) is 96.8 Å². The van der Waals surface area contributed by atoms with Crippen molar-refractivity contribution in [3.8, 4) is 0 Å². The monoisotopic (exact) mass is 560 g/mol. The molecule has 0 spiro atoms. The predicted octanol–water partition coefficient (Wildman–Crippen LogP) is -7.27. The first-order chi connectivity index (χ1) is 15.7. The van der Waals surface area contributed by atoms with E-state index in [1.165, 1.54) is 57.8 Å². The van der Waals surface area contributed by atoms with Crippen LogP contribution in [0.15, 0.2) is 11.5 Å². The quantitative estimate of drug-likeness (QED) is 0.0694. The van der Waals surface area contributed by atoms with Crippen molar-refractivity contribution in [3.63, 3.8) is 0 Å². The maximum absolute atomic E-state index is 11.9. The Hall–Kier alpha value is 1.39. The summed E-state index contributed by atoms with van der Waals surface area (Å²) in [6.07, 6.45) is 11.9. The molecule has 1 N–H and O–H groups in total. The molecule has 192 valence electrons. The number of phosphoric ester groups is 1. The third kappa shape index (κ3) is 19.4. The number of esters is 2. The first-order valence-corrected chi connectivity index (χ1v) is 13.3. The number of aliphatic hydroxyl groups is 1. The Bertz CT molecular complexity index is 687. The molecule has 2 atom stereocenters. The van der Waals surface area contributed by atoms with Gasteiger partial charge in [-0.1, -0.05) is 84.0 Å². The molecule has 1 aliphatic heterocycles. The van der Waals surface area contributed by atoms with Crippen LogP contribution in [-0.2, 0) is 28.2 Å². The maximum Gasteiger partial charge on any atom is 1.00 e. The normalized spacial score (nSPS) is 15.8. The van der Waals surface area contributed by atoms with E-state index in [0.29, 0.717) is 6.42 Å². The minimum absolute atomic E-state index is 0. The number of aliphatic hydroxyl groups excluding tert-OH is 1. The molecule has 0 aromatic heterocycles. The van der Waals surface area contributed by atoms with Crippen LogP contribution in [0.25, 0.3) is 0 Å². The van der Waals surface area contributed by atoms with Gasteiger partial charge in [0.2, 0.25) is 5.76 Å². The molecule has 1 heterocycles. The smallest absolute Gasteiger partial charge is 0.870 e. The number of phosphoric acid groups is 1. The van der Waals surface area contributed by atoms with Crippen molar-refractivity contribution in [2.24, 2.45) is 0 Å². The number of hydrogen-bond donors (Lipinski definition) is 1. The van der Waals surface area contributed by atoms with Crippen LogP contribution in [0.3, 0.4) is 0 Å². The van der Waals surface area contributed by atoms with Crippen molar-refractivity contribution >= 4 is 19.8 Å². The molecule has 10 nitrogen and oxygen atoms in total. The minimum atomic E-state index is -5.64. The Morgan fingerprint density at radius 1 is 0.944 bits per heavy atom. The summed E-state index contributed by atoms with van der Waals surface area (Å²) in [5, 5.41) is 21.8. The average Bonchev–Trinajstić information content (AvgIpc) is 3.02. The van der Waals surface area contributed by atoms with Gasteiger partial charge < -0.3 is 38.6 Å². The Morgan fingerprint density at radius 2 is 1.39 bits per heavy atom. The third-order valence-electron chi connectivity index (χ3n) is 5.35. The minimum Gasteiger partial charge on any atom is -0.870 e. The van der Waals surface area contributed by atoms with Crippen LogP contribution >= 0.6 is 7.82 Å². The fraction of sp³-hybridized carbons (Fsp3) is 0.818. The fourth-order valence-electron chi connectivity index (χ4n) is 3.52. The Balaban J connectivity index is -0.00000363. The summed E-state index contributed by atoms with van der Waals surface area (Å²) >= 11 is 0. The summed E-state index contributed by atoms with van der Waals surface area (Å²) in [5.74, 6) is -4.66. The number of carbonyl (C=O) groups is 2. The zero-order valence-electron chi connectivity index (χ0n) is 22.3. The van der Waals surface area contributed by atoms with Crippen molar-refractivity contribution < 1.29 is 137 Å². The van der Waals surface area contributed by atoms with Gasteiger partial charge in [0, 0.05) is 6.42 Å². The second-order valence-corrected chi connectivity index (χ2v) is 9.38. The number of unbranched alkanes of at least 4 members (excludes halogenated alkanes) is 12. The first-order valence-electron chi connectivity index (χ1n) is 11.8. The van der Waals surface area contributed by atoms with Gasteiger partial charge in [0.25, 0.3) is 0 Å². The van der Waals surface area contributed by atoms with Crippen molar-refractivity contribution in [1.82, 2.24) is 0 Å². The molecule has 0 saturated carbocycles. The van der Waals surface area contributed by atoms with E-state index in [2.05, 4.69) is 16.2 Å². The van der Waals surface area contributed by atoms with E-state index in [0.717, 1.165) is 19.3 Å². The van der Waals surface area contributed by atoms with Crippen LogP contribution in [-0.4, -0.2) is 35.9 Å². The average molecular weight is 560 g/mol. The molecule has 1 rings (SSSR count). The zero-order chi connectivity index (χ0) is 24.7. The fourth-order valence-corrected chi connectivity index (χ4v) is 3.91. The van der Waals surface area contributed by atoms with Gasteiger partial charge >= 0.3 is 101 Å². The topological polar surface area (TPSA) is 168 Å². The summed E-state index contributed by atoms with van der Waals surface area (Å²) in [7, 11) is -5.64. The van der Waals surface area contributed by atoms with E-state index < -0.39 is 50.1 Å². The van der Waals surface area contributed by atoms with E-state index in [9.17, 15) is 34.2 Å². The van der Waals surface area contributed by atoms with Gasteiger partial charge in [-0.3, -0.25) is 4.79 Å². The molecule has 0 fully saturated rings. The second kappa shape index (κ2) is 24.2. The predicted molar refractivity (Wildman–Crippen MR) is 113 cm³/mol. The molecular formula is C22H36Na3O10P. The molecule has 36 heavy (non-hydrogen) atoms. The van der Waals surface area contributed by atoms with Gasteiger partial charge in [-0.25, -0.2) is 4.79 Å². The molecule has 0 bridgehead atoms. The van der Waals surface area contributed by atoms with E-state index >= 15 is 0 Å². The van der Waals surface area contributed by atoms with E-state index in [1.807, 2.05) is 0 Å². The first kappa shape index (κ1) is 41.9. The Kier molecular flexibility index (Phi) is 28.2. The molecule has 0 unspecified atom stereocenters. The van der Waals surface area contributed by atoms with Crippen molar-refractivity contribution in [2.45, 2.75) is 109 Å². The van der Waals surface area contributed by atoms with Crippen molar-refractivity contribution in [2.75, 3.05) is 6.61 Å². The third-order valence-corrected chi connectivity index (χ3v) is 5.76. The van der Waals surface area contributed by atoms with Gasteiger partial charge in [0.05, 0.1) is 0 Å². The number of hydrogen-bond acceptors (Lipinski definition) is 10. The molecule has 1 aliphatic rings. The number of cyclic esters (lactones) is 1. The maximum atomic E-state index is 11.9. The number of rotatable bonds is 19. The molecule has 0 aromatic carbocycles. The molecule has 0 saturated heterocycles. The van der Waals surface area contributed by atoms with Crippen LogP contribution in [0.2, 0.25) is 0 Å². The number of carbonyl (C=O) groups excluding carboxylic acids is 2. The molecule has 14 heteroatoms. The summed E-state index contributed by atoms with van der Waals surface area (Å²) in [4.78, 5) is 44.4. The largest absolute Gasteiger partial charge is 1.00 e. The molecule has 0 aromatic rings. The van der Waals surface area contributed by atoms with E-state index in [-0.39, 0.29) is 95.1 Å². The molecule has 0 amide bonds. The van der Waals surface area contributed by atoms with Crippen LogP contribution in [0.4, 0.5) is 0 Å². The zero-order valence-corrected chi connectivity index (χ0v) is 29.2. The number of ether oxygens (including phenoxy) is 2. The van der Waals surface area contributed by atoms with Gasteiger partial charge in [0.15, 0.2) is 0 Å². The van der Waals surface area contributed by atoms with Crippen LogP contribution < -0.4 is 104 Å². The van der Waals surface area contributed by atoms with E-state index in [1.54, 1.807) is 0 Å². The van der Waals surface area contributed by atoms with Crippen molar-refractivity contribution in [1.29, 1.82) is 0 Å². The Morgan fingerprint density at radius 3 is 1.83 bits per heavy atom. The Labute approximate surface area is 280 Å². The molecule has 0 radical (unpaired) electrons. The summed E-state index contributed by atoms with van der Waals surface area (Å²) in [6.45, 7) is 1.59. The summed E-state index contributed by atoms with van der Waals surface area (Å²) in [6, 6.07) is 0. The SMILES string of the molecule is CCCCCCCCCCCCCCCC(=O)OC[C@H](O)[C@H]1OC(=O)C(OP(=O)([O-])[O-])=C1[O-].[Na+].[Na+].[Na+]. The van der Waals surface area contributed by atoms with Gasteiger partial charge in [-0.15, -0.1) is 0 Å². The van der Waals surface area contributed by atoms with E-state index in [4.69, 9.17) is 4.74 Å². The van der Waals surface area contributed by atoms with Crippen LogP contribution in [0.5, 0.6) is 0 Å². The molecule has 0 aliphatic carbocycles. The standard InChI is InChI=1S/C22H39O10P.3Na/c1-2-3-4-5-6-7-8-9-10-11-12-13-14-15-18(24)30-16-17(23)20-19(25)21(22(26)31-20)32-33(27,28)29;;;/h17,20,23,25H,2-16H2,1H3,(H2,27,28,29);;;/q;3*+1/p-3/t17-,20+;;;/m0.../s1. The van der Waals surface area contributed by atoms with Gasteiger partial charge in [-0.05, 0) is 12.2 Å². The van der Waals surface area contributed by atoms with Crippen molar-refractivity contribution in [3.05, 3.63) is 11.5 Å². The summed E-state index contributed by atoms with van der Waals surface area (Å²) in [5.41, 5.74) is 0. The second-order valence-electron chi connectivity index (χ2n) is 8.30. The summed E-state index contributed by atoms with van der Waals surface area (Å²) < 4.78 is 23.8. The molecular weight excluding hydrogens is 524 g/mol. The van der Waals surface area contributed by atoms with Gasteiger partial charge in [-0.2, -0.15) is 0 Å². The van der Waals surface area contributed by atoms with Gasteiger partial charge in [0.1, 0.15) is 26.6 Å².